The number of nitrogens with one attached hydrogen (secondary N) is 2. The van der Waals surface area contributed by atoms with Gasteiger partial charge in [-0.15, -0.1) is 0 Å². The van der Waals surface area contributed by atoms with Crippen LogP contribution in [0, 0.1) is 6.92 Å². The number of rotatable bonds is 7. The molecular weight excluding hydrogens is 362 g/mol. The summed E-state index contributed by atoms with van der Waals surface area (Å²) in [5.74, 6) is -1.26. The number of ketones is 1. The number of Topliss-reactive ketones (excluding diaryl/α,β-unsaturated/α-hetero) is 1. The lowest BCUT2D eigenvalue weighted by Crippen LogP contribution is -2.29. The van der Waals surface area contributed by atoms with Crippen LogP contribution in [-0.4, -0.2) is 48.0 Å². The third-order valence-electron chi connectivity index (χ3n) is 2.89. The predicted octanol–water partition coefficient (Wildman–Crippen LogP) is 2.05. The second kappa shape index (κ2) is 9.27. The summed E-state index contributed by atoms with van der Waals surface area (Å²) in [5.41, 5.74) is -0.234. The van der Waals surface area contributed by atoms with E-state index in [-0.39, 0.29) is 35.2 Å². The van der Waals surface area contributed by atoms with Gasteiger partial charge < -0.3 is 14.8 Å². The van der Waals surface area contributed by atoms with Crippen molar-refractivity contribution in [3.8, 4) is 0 Å². The van der Waals surface area contributed by atoms with Gasteiger partial charge >= 0.3 is 12.1 Å². The Balaban J connectivity index is 2.57. The van der Waals surface area contributed by atoms with E-state index in [1.807, 2.05) is 0 Å². The van der Waals surface area contributed by atoms with Crippen molar-refractivity contribution in [2.24, 2.45) is 0 Å². The van der Waals surface area contributed by atoms with Crippen LogP contribution in [0.3, 0.4) is 0 Å². The third kappa shape index (κ3) is 7.60. The first kappa shape index (κ1) is 21.6. The van der Waals surface area contributed by atoms with Crippen LogP contribution in [-0.2, 0) is 19.1 Å². The molecule has 144 valence electrons. The molecule has 0 aromatic carbocycles. The van der Waals surface area contributed by atoms with Gasteiger partial charge in [0.05, 0.1) is 25.8 Å². The van der Waals surface area contributed by atoms with Crippen LogP contribution < -0.4 is 10.6 Å². The lowest BCUT2D eigenvalue weighted by molar-refractivity contribution is -0.141. The highest BCUT2D eigenvalue weighted by molar-refractivity contribution is 7.17. The zero-order valence-electron chi connectivity index (χ0n) is 15.4. The second-order valence-electron chi connectivity index (χ2n) is 6.36. The zero-order chi connectivity index (χ0) is 19.9. The highest BCUT2D eigenvalue weighted by Gasteiger charge is 2.20. The number of aromatic nitrogens is 1. The summed E-state index contributed by atoms with van der Waals surface area (Å²) in [4.78, 5) is 50.9. The van der Waals surface area contributed by atoms with Crippen LogP contribution in [0.25, 0.3) is 0 Å². The molecule has 0 spiro atoms. The molecule has 10 heteroatoms. The Morgan fingerprint density at radius 1 is 1.15 bits per heavy atom. The molecule has 0 aliphatic heterocycles. The fourth-order valence-corrected chi connectivity index (χ4v) is 2.61. The van der Waals surface area contributed by atoms with Gasteiger partial charge in [0.25, 0.3) is 5.91 Å². The van der Waals surface area contributed by atoms with Crippen LogP contribution in [0.15, 0.2) is 0 Å². The monoisotopic (exact) mass is 385 g/mol. The highest BCUT2D eigenvalue weighted by Crippen LogP contribution is 2.23. The molecule has 1 rings (SSSR count). The molecule has 9 nitrogen and oxygen atoms in total. The van der Waals surface area contributed by atoms with Crippen molar-refractivity contribution in [1.82, 2.24) is 10.3 Å². The van der Waals surface area contributed by atoms with Crippen molar-refractivity contribution in [1.29, 1.82) is 0 Å². The molecule has 0 radical (unpaired) electrons. The zero-order valence-corrected chi connectivity index (χ0v) is 16.2. The van der Waals surface area contributed by atoms with E-state index in [0.29, 0.717) is 5.69 Å². The van der Waals surface area contributed by atoms with E-state index in [0.717, 1.165) is 11.3 Å². The normalized spacial score (nSPS) is 10.8. The van der Waals surface area contributed by atoms with Crippen molar-refractivity contribution in [2.75, 3.05) is 19.0 Å². The largest absolute Gasteiger partial charge is 0.469 e. The number of methoxy groups -OCH3 is 1. The molecule has 1 aromatic heterocycles. The summed E-state index contributed by atoms with van der Waals surface area (Å²) in [5, 5.41) is 5.16. The SMILES string of the molecule is COC(=O)CCC(=O)CNC(=O)c1sc(NC(=O)OC(C)(C)C)nc1C. The molecule has 0 saturated heterocycles. The lowest BCUT2D eigenvalue weighted by Gasteiger charge is -2.18. The smallest absolute Gasteiger partial charge is 0.413 e. The fraction of sp³-hybridized carbons (Fsp3) is 0.562. The maximum Gasteiger partial charge on any atom is 0.413 e. The van der Waals surface area contributed by atoms with Gasteiger partial charge in [0.15, 0.2) is 10.9 Å². The molecule has 26 heavy (non-hydrogen) atoms. The van der Waals surface area contributed by atoms with Crippen LogP contribution in [0.5, 0.6) is 0 Å². The summed E-state index contributed by atoms with van der Waals surface area (Å²) in [6.07, 6.45) is -0.717. The van der Waals surface area contributed by atoms with Crippen molar-refractivity contribution in [3.05, 3.63) is 10.6 Å². The first-order valence-electron chi connectivity index (χ1n) is 7.86. The number of amides is 2. The van der Waals surface area contributed by atoms with Gasteiger partial charge in [-0.3, -0.25) is 19.7 Å². The Labute approximate surface area is 155 Å². The van der Waals surface area contributed by atoms with Crippen LogP contribution in [0.1, 0.15) is 49.0 Å². The average Bonchev–Trinajstić information content (AvgIpc) is 2.88. The minimum atomic E-state index is -0.670. The number of thiazole rings is 1. The van der Waals surface area contributed by atoms with Crippen LogP contribution in [0.4, 0.5) is 9.93 Å². The minimum Gasteiger partial charge on any atom is -0.469 e. The third-order valence-corrected chi connectivity index (χ3v) is 3.96. The molecule has 0 fully saturated rings. The minimum absolute atomic E-state index is 0.0138. The van der Waals surface area contributed by atoms with Gasteiger partial charge in [-0.2, -0.15) is 0 Å². The number of ether oxygens (including phenoxy) is 2. The molecule has 0 aliphatic rings. The standard InChI is InChI=1S/C16H23N3O6S/c1-9-12(13(22)17-8-10(20)6-7-11(21)24-5)26-14(18-9)19-15(23)25-16(2,3)4/h6-8H2,1-5H3,(H,17,22)(H,18,19,23). The van der Waals surface area contributed by atoms with Crippen molar-refractivity contribution in [2.45, 2.75) is 46.1 Å². The molecule has 2 N–H and O–H groups in total. The van der Waals surface area contributed by atoms with E-state index < -0.39 is 23.6 Å². The molecular formula is C16H23N3O6S. The van der Waals surface area contributed by atoms with E-state index >= 15 is 0 Å². The number of carbonyl (C=O) groups excluding carboxylic acids is 4. The molecule has 0 unspecified atom stereocenters. The molecule has 1 heterocycles. The Bertz CT molecular complexity index is 693. The number of hydrogen-bond donors (Lipinski definition) is 2. The van der Waals surface area contributed by atoms with Gasteiger partial charge in [0, 0.05) is 6.42 Å². The Morgan fingerprint density at radius 3 is 2.38 bits per heavy atom. The Kier molecular flexibility index (Phi) is 7.69. The molecule has 0 aliphatic carbocycles. The predicted molar refractivity (Wildman–Crippen MR) is 95.3 cm³/mol. The van der Waals surface area contributed by atoms with Crippen molar-refractivity contribution < 1.29 is 28.7 Å². The van der Waals surface area contributed by atoms with Crippen LogP contribution in [0.2, 0.25) is 0 Å². The van der Waals surface area contributed by atoms with Crippen molar-refractivity contribution in [3.63, 3.8) is 0 Å². The average molecular weight is 385 g/mol. The summed E-state index contributed by atoms with van der Waals surface area (Å²) in [6.45, 7) is 6.61. The summed E-state index contributed by atoms with van der Waals surface area (Å²) >= 11 is 0.975. The highest BCUT2D eigenvalue weighted by atomic mass is 32.1. The summed E-state index contributed by atoms with van der Waals surface area (Å²) in [6, 6.07) is 0. The van der Waals surface area contributed by atoms with Gasteiger partial charge in [-0.25, -0.2) is 9.78 Å². The molecule has 2 amide bonds. The summed E-state index contributed by atoms with van der Waals surface area (Å²) < 4.78 is 9.57. The van der Waals surface area contributed by atoms with Gasteiger partial charge in [0.1, 0.15) is 10.5 Å². The van der Waals surface area contributed by atoms with Gasteiger partial charge in [-0.1, -0.05) is 11.3 Å². The molecule has 0 saturated carbocycles. The molecule has 1 aromatic rings. The quantitative estimate of drug-likeness (QED) is 0.688. The van der Waals surface area contributed by atoms with E-state index in [1.165, 1.54) is 7.11 Å². The lowest BCUT2D eigenvalue weighted by atomic mass is 10.2. The number of anilines is 1. The van der Waals surface area contributed by atoms with Gasteiger partial charge in [-0.05, 0) is 27.7 Å². The van der Waals surface area contributed by atoms with E-state index in [9.17, 15) is 19.2 Å². The number of hydrogen-bond acceptors (Lipinski definition) is 8. The second-order valence-corrected chi connectivity index (χ2v) is 7.36. The molecule has 0 bridgehead atoms. The maximum absolute atomic E-state index is 12.2. The van der Waals surface area contributed by atoms with E-state index in [1.54, 1.807) is 27.7 Å². The van der Waals surface area contributed by atoms with Crippen molar-refractivity contribution >= 4 is 40.2 Å². The number of carbonyl (C=O) groups is 4. The number of nitrogens with zero attached hydrogens (tertiary/aromatic N) is 1. The first-order chi connectivity index (χ1) is 12.0. The fourth-order valence-electron chi connectivity index (χ4n) is 1.74. The Hall–Kier alpha value is -2.49. The van der Waals surface area contributed by atoms with E-state index in [4.69, 9.17) is 4.74 Å². The van der Waals surface area contributed by atoms with Crippen LogP contribution >= 0.6 is 11.3 Å². The number of esters is 1. The maximum atomic E-state index is 12.2. The van der Waals surface area contributed by atoms with E-state index in [2.05, 4.69) is 20.4 Å². The van der Waals surface area contributed by atoms with Gasteiger partial charge in [0.2, 0.25) is 0 Å². The Morgan fingerprint density at radius 2 is 1.81 bits per heavy atom. The summed E-state index contributed by atoms with van der Waals surface area (Å²) in [7, 11) is 1.24. The molecule has 0 atom stereocenters. The number of aryl methyl sites for hydroxylation is 1. The topological polar surface area (TPSA) is 124 Å². The first-order valence-corrected chi connectivity index (χ1v) is 8.67.